The highest BCUT2D eigenvalue weighted by Gasteiger charge is 2.07. The zero-order chi connectivity index (χ0) is 15.5. The number of nitrogens with one attached hydrogen (secondary N) is 1. The molecule has 0 radical (unpaired) electrons. The van der Waals surface area contributed by atoms with Gasteiger partial charge in [-0.15, -0.1) is 0 Å². The zero-order valence-electron chi connectivity index (χ0n) is 12.1. The van der Waals surface area contributed by atoms with Crippen molar-refractivity contribution in [2.45, 2.75) is 13.0 Å². The zero-order valence-corrected chi connectivity index (χ0v) is 12.1. The second-order valence-electron chi connectivity index (χ2n) is 4.92. The molecule has 3 aromatic rings. The Bertz CT molecular complexity index is 881. The van der Waals surface area contributed by atoms with Crippen LogP contribution < -0.4 is 10.7 Å². The molecule has 0 atom stereocenters. The molecule has 0 saturated carbocycles. The molecule has 22 heavy (non-hydrogen) atoms. The van der Waals surface area contributed by atoms with E-state index in [4.69, 9.17) is 0 Å². The molecule has 1 aromatic carbocycles. The fraction of sp³-hybridized carbons (Fsp3) is 0.200. The fourth-order valence-electron chi connectivity index (χ4n) is 2.23. The maximum atomic E-state index is 11.9. The van der Waals surface area contributed by atoms with E-state index >= 15 is 0 Å². The Labute approximate surface area is 126 Å². The van der Waals surface area contributed by atoms with E-state index in [1.807, 2.05) is 18.2 Å². The summed E-state index contributed by atoms with van der Waals surface area (Å²) in [6, 6.07) is 8.95. The van der Waals surface area contributed by atoms with Crippen LogP contribution in [0, 0.1) is 0 Å². The van der Waals surface area contributed by atoms with Gasteiger partial charge < -0.3 is 5.32 Å². The number of hydrogen-bond acceptors (Lipinski definition) is 4. The molecule has 0 aliphatic carbocycles. The number of para-hydroxylation sites is 1. The Balaban J connectivity index is 1.73. The molecule has 2 aromatic heterocycles. The molecular weight excluding hydrogens is 282 g/mol. The fourth-order valence-corrected chi connectivity index (χ4v) is 2.23. The molecule has 0 saturated heterocycles. The first-order valence-electron chi connectivity index (χ1n) is 6.88. The number of carbonyl (C=O) groups is 1. The van der Waals surface area contributed by atoms with Crippen molar-refractivity contribution in [1.82, 2.24) is 19.6 Å². The van der Waals surface area contributed by atoms with E-state index in [-0.39, 0.29) is 17.8 Å². The van der Waals surface area contributed by atoms with Crippen molar-refractivity contribution < 1.29 is 4.79 Å². The van der Waals surface area contributed by atoms with Crippen molar-refractivity contribution in [2.75, 3.05) is 5.32 Å². The van der Waals surface area contributed by atoms with Gasteiger partial charge in [0.05, 0.1) is 18.3 Å². The second-order valence-corrected chi connectivity index (χ2v) is 4.92. The molecule has 0 spiro atoms. The van der Waals surface area contributed by atoms with Crippen molar-refractivity contribution in [2.24, 2.45) is 7.05 Å². The molecule has 3 rings (SSSR count). The van der Waals surface area contributed by atoms with E-state index in [2.05, 4.69) is 15.5 Å². The van der Waals surface area contributed by atoms with Gasteiger partial charge in [-0.25, -0.2) is 0 Å². The number of aryl methyl sites for hydroxylation is 2. The predicted molar refractivity (Wildman–Crippen MR) is 82.5 cm³/mol. The first-order valence-corrected chi connectivity index (χ1v) is 6.88. The summed E-state index contributed by atoms with van der Waals surface area (Å²) in [7, 11) is 1.78. The Morgan fingerprint density at radius 1 is 1.27 bits per heavy atom. The lowest BCUT2D eigenvalue weighted by Crippen LogP contribution is -2.18. The second kappa shape index (κ2) is 5.80. The molecule has 7 nitrogen and oxygen atoms in total. The minimum Gasteiger partial charge on any atom is -0.309 e. The maximum absolute atomic E-state index is 11.9. The number of amides is 1. The van der Waals surface area contributed by atoms with Gasteiger partial charge in [0.15, 0.2) is 5.82 Å². The standard InChI is InChI=1S/C15H15N5O2/c1-19-8-6-14(18-19)17-15(22)7-9-20-12-5-3-2-4-11(12)13(21)10-16-20/h2-6,8,10H,7,9H2,1H3,(H,17,18,22). The highest BCUT2D eigenvalue weighted by Crippen LogP contribution is 2.09. The minimum absolute atomic E-state index is 0.121. The third-order valence-electron chi connectivity index (χ3n) is 3.29. The number of nitrogens with zero attached hydrogens (tertiary/aromatic N) is 4. The summed E-state index contributed by atoms with van der Waals surface area (Å²) in [5.74, 6) is 0.369. The van der Waals surface area contributed by atoms with Crippen molar-refractivity contribution >= 4 is 22.6 Å². The first kappa shape index (κ1) is 14.0. The predicted octanol–water partition coefficient (Wildman–Crippen LogP) is 1.16. The van der Waals surface area contributed by atoms with Gasteiger partial charge in [0, 0.05) is 31.1 Å². The molecule has 0 aliphatic rings. The van der Waals surface area contributed by atoms with E-state index in [9.17, 15) is 9.59 Å². The monoisotopic (exact) mass is 297 g/mol. The van der Waals surface area contributed by atoms with Crippen LogP contribution in [0.1, 0.15) is 6.42 Å². The van der Waals surface area contributed by atoms with E-state index in [1.54, 1.807) is 34.7 Å². The van der Waals surface area contributed by atoms with Crippen LogP contribution >= 0.6 is 0 Å². The van der Waals surface area contributed by atoms with Crippen LogP contribution in [-0.4, -0.2) is 25.5 Å². The molecule has 7 heteroatoms. The summed E-state index contributed by atoms with van der Waals surface area (Å²) in [6.07, 6.45) is 3.28. The summed E-state index contributed by atoms with van der Waals surface area (Å²) >= 11 is 0. The van der Waals surface area contributed by atoms with Gasteiger partial charge in [0.2, 0.25) is 11.3 Å². The van der Waals surface area contributed by atoms with Crippen LogP contribution in [0.15, 0.2) is 47.5 Å². The Hall–Kier alpha value is -2.96. The van der Waals surface area contributed by atoms with E-state index < -0.39 is 0 Å². The molecule has 0 unspecified atom stereocenters. The van der Waals surface area contributed by atoms with Gasteiger partial charge >= 0.3 is 0 Å². The van der Waals surface area contributed by atoms with Gasteiger partial charge in [0.1, 0.15) is 0 Å². The minimum atomic E-state index is -0.150. The van der Waals surface area contributed by atoms with Crippen LogP contribution in [-0.2, 0) is 18.4 Å². The highest BCUT2D eigenvalue weighted by atomic mass is 16.1. The summed E-state index contributed by atoms with van der Waals surface area (Å²) in [5, 5.41) is 11.5. The first-order chi connectivity index (χ1) is 10.6. The summed E-state index contributed by atoms with van der Waals surface area (Å²) < 4.78 is 3.28. The lowest BCUT2D eigenvalue weighted by atomic mass is 10.2. The number of benzene rings is 1. The van der Waals surface area contributed by atoms with Crippen LogP contribution in [0.3, 0.4) is 0 Å². The molecular formula is C15H15N5O2. The lowest BCUT2D eigenvalue weighted by Gasteiger charge is -2.08. The van der Waals surface area contributed by atoms with Gasteiger partial charge in [-0.2, -0.15) is 10.2 Å². The summed E-state index contributed by atoms with van der Waals surface area (Å²) in [5.41, 5.74) is 0.602. The van der Waals surface area contributed by atoms with Crippen LogP contribution in [0.4, 0.5) is 5.82 Å². The smallest absolute Gasteiger partial charge is 0.227 e. The van der Waals surface area contributed by atoms with Crippen LogP contribution in [0.5, 0.6) is 0 Å². The van der Waals surface area contributed by atoms with E-state index in [0.717, 1.165) is 5.52 Å². The normalized spacial score (nSPS) is 10.8. The topological polar surface area (TPSA) is 81.8 Å². The Kier molecular flexibility index (Phi) is 3.69. The third kappa shape index (κ3) is 2.88. The average molecular weight is 297 g/mol. The molecule has 1 N–H and O–H groups in total. The van der Waals surface area contributed by atoms with Crippen LogP contribution in [0.25, 0.3) is 10.9 Å². The van der Waals surface area contributed by atoms with Crippen molar-refractivity contribution in [1.29, 1.82) is 0 Å². The molecule has 0 aliphatic heterocycles. The largest absolute Gasteiger partial charge is 0.309 e. The maximum Gasteiger partial charge on any atom is 0.227 e. The Morgan fingerprint density at radius 2 is 2.09 bits per heavy atom. The van der Waals surface area contributed by atoms with Gasteiger partial charge in [0.25, 0.3) is 0 Å². The van der Waals surface area contributed by atoms with Gasteiger partial charge in [-0.1, -0.05) is 12.1 Å². The molecule has 112 valence electrons. The van der Waals surface area contributed by atoms with Crippen molar-refractivity contribution in [3.63, 3.8) is 0 Å². The average Bonchev–Trinajstić information content (AvgIpc) is 2.92. The number of fused-ring (bicyclic) bond motifs is 1. The molecule has 0 bridgehead atoms. The number of aromatic nitrogens is 4. The summed E-state index contributed by atoms with van der Waals surface area (Å²) in [6.45, 7) is 0.388. The van der Waals surface area contributed by atoms with Gasteiger partial charge in [-0.3, -0.25) is 19.0 Å². The number of rotatable bonds is 4. The van der Waals surface area contributed by atoms with E-state index in [0.29, 0.717) is 17.7 Å². The Morgan fingerprint density at radius 3 is 2.86 bits per heavy atom. The molecule has 2 heterocycles. The number of carbonyl (C=O) groups excluding carboxylic acids is 1. The van der Waals surface area contributed by atoms with E-state index in [1.165, 1.54) is 6.20 Å². The highest BCUT2D eigenvalue weighted by molar-refractivity contribution is 5.89. The summed E-state index contributed by atoms with van der Waals surface area (Å²) in [4.78, 5) is 23.7. The van der Waals surface area contributed by atoms with Crippen LogP contribution in [0.2, 0.25) is 0 Å². The quantitative estimate of drug-likeness (QED) is 0.783. The van der Waals surface area contributed by atoms with Crippen molar-refractivity contribution in [3.8, 4) is 0 Å². The number of hydrogen-bond donors (Lipinski definition) is 1. The molecule has 0 fully saturated rings. The third-order valence-corrected chi connectivity index (χ3v) is 3.29. The SMILES string of the molecule is Cn1ccc(NC(=O)CCn2ncc(=O)c3ccccc32)n1. The number of anilines is 1. The van der Waals surface area contributed by atoms with Gasteiger partial charge in [-0.05, 0) is 12.1 Å². The van der Waals surface area contributed by atoms with Crippen molar-refractivity contribution in [3.05, 3.63) is 52.9 Å². The molecule has 1 amide bonds. The lowest BCUT2D eigenvalue weighted by molar-refractivity contribution is -0.116.